The number of likely N-dealkylation sites (tertiary alicyclic amines) is 1. The summed E-state index contributed by atoms with van der Waals surface area (Å²) in [6, 6.07) is 3.68. The molecule has 8 nitrogen and oxygen atoms in total. The molecule has 130 valence electrons. The topological polar surface area (TPSA) is 113 Å². The zero-order valence-electron chi connectivity index (χ0n) is 13.5. The van der Waals surface area contributed by atoms with Crippen molar-refractivity contribution in [2.75, 3.05) is 13.1 Å². The minimum atomic E-state index is -0.555. The summed E-state index contributed by atoms with van der Waals surface area (Å²) >= 11 is 0. The predicted molar refractivity (Wildman–Crippen MR) is 86.2 cm³/mol. The first kappa shape index (κ1) is 17.7. The maximum absolute atomic E-state index is 12.3. The lowest BCUT2D eigenvalue weighted by Crippen LogP contribution is -2.45. The van der Waals surface area contributed by atoms with Crippen LogP contribution in [0.3, 0.4) is 0 Å². The molecule has 0 unspecified atom stereocenters. The number of phenolic OH excluding ortho intramolecular Hbond substituents is 1. The van der Waals surface area contributed by atoms with Crippen LogP contribution in [0.25, 0.3) is 0 Å². The van der Waals surface area contributed by atoms with Crippen molar-refractivity contribution in [1.82, 2.24) is 10.2 Å². The number of phenols is 1. The van der Waals surface area contributed by atoms with Gasteiger partial charge >= 0.3 is 0 Å². The van der Waals surface area contributed by atoms with E-state index in [1.165, 1.54) is 18.2 Å². The number of hydrogen-bond acceptors (Lipinski definition) is 5. The second kappa shape index (κ2) is 7.76. The summed E-state index contributed by atoms with van der Waals surface area (Å²) in [5.74, 6) is -0.583. The fourth-order valence-electron chi connectivity index (χ4n) is 2.80. The normalized spacial score (nSPS) is 17.4. The Balaban J connectivity index is 1.96. The van der Waals surface area contributed by atoms with Crippen LogP contribution in [0, 0.1) is 16.0 Å². The molecule has 2 N–H and O–H groups in total. The second-order valence-corrected chi connectivity index (χ2v) is 5.82. The summed E-state index contributed by atoms with van der Waals surface area (Å²) in [6.45, 7) is 2.85. The molecule has 0 saturated carbocycles. The van der Waals surface area contributed by atoms with Crippen LogP contribution in [0.15, 0.2) is 18.2 Å². The summed E-state index contributed by atoms with van der Waals surface area (Å²) in [4.78, 5) is 36.0. The Hall–Kier alpha value is -2.64. The van der Waals surface area contributed by atoms with Crippen LogP contribution in [-0.4, -0.2) is 39.8 Å². The van der Waals surface area contributed by atoms with Crippen molar-refractivity contribution >= 4 is 17.5 Å². The quantitative estimate of drug-likeness (QED) is 0.626. The average molecular weight is 335 g/mol. The second-order valence-electron chi connectivity index (χ2n) is 5.82. The number of hydrogen-bond donors (Lipinski definition) is 2. The van der Waals surface area contributed by atoms with Gasteiger partial charge in [0.2, 0.25) is 11.8 Å². The Labute approximate surface area is 139 Å². The molecule has 1 atom stereocenters. The zero-order valence-corrected chi connectivity index (χ0v) is 13.5. The van der Waals surface area contributed by atoms with Crippen molar-refractivity contribution in [3.63, 3.8) is 0 Å². The van der Waals surface area contributed by atoms with Gasteiger partial charge in [0.25, 0.3) is 5.69 Å². The Morgan fingerprint density at radius 1 is 1.46 bits per heavy atom. The van der Waals surface area contributed by atoms with Crippen LogP contribution in [0.1, 0.15) is 31.7 Å². The van der Waals surface area contributed by atoms with Crippen LogP contribution in [0.4, 0.5) is 5.69 Å². The van der Waals surface area contributed by atoms with Gasteiger partial charge in [-0.3, -0.25) is 19.7 Å². The Morgan fingerprint density at radius 3 is 2.88 bits per heavy atom. The molecule has 1 fully saturated rings. The monoisotopic (exact) mass is 335 g/mol. The van der Waals surface area contributed by atoms with Crippen molar-refractivity contribution in [2.24, 2.45) is 5.92 Å². The number of non-ortho nitro benzene ring substituents is 1. The van der Waals surface area contributed by atoms with Crippen molar-refractivity contribution in [1.29, 1.82) is 0 Å². The highest BCUT2D eigenvalue weighted by molar-refractivity contribution is 5.81. The molecule has 8 heteroatoms. The number of nitrogens with zero attached hydrogens (tertiary/aromatic N) is 2. The van der Waals surface area contributed by atoms with E-state index < -0.39 is 4.92 Å². The Morgan fingerprint density at radius 2 is 2.21 bits per heavy atom. The molecule has 1 saturated heterocycles. The number of nitrogens with one attached hydrogen (secondary N) is 1. The molecule has 0 aromatic heterocycles. The largest absolute Gasteiger partial charge is 0.508 e. The van der Waals surface area contributed by atoms with Crippen LogP contribution < -0.4 is 5.32 Å². The van der Waals surface area contributed by atoms with Crippen LogP contribution in [0.5, 0.6) is 5.75 Å². The van der Waals surface area contributed by atoms with Gasteiger partial charge in [0, 0.05) is 43.8 Å². The summed E-state index contributed by atoms with van der Waals surface area (Å²) in [7, 11) is 0. The standard InChI is InChI=1S/C16H21N3O5/c1-2-15(21)18-7-3-4-11(10-18)16(22)17-9-12-8-13(19(23)24)5-6-14(12)20/h5-6,8,11,20H,2-4,7,9-10H2,1H3,(H,17,22)/t11-/m0/s1. The predicted octanol–water partition coefficient (Wildman–Crippen LogP) is 1.57. The first-order valence-corrected chi connectivity index (χ1v) is 7.94. The van der Waals surface area contributed by atoms with Crippen molar-refractivity contribution in [3.8, 4) is 5.75 Å². The highest BCUT2D eigenvalue weighted by Crippen LogP contribution is 2.23. The van der Waals surface area contributed by atoms with Gasteiger partial charge in [-0.1, -0.05) is 6.92 Å². The van der Waals surface area contributed by atoms with E-state index in [1.807, 2.05) is 0 Å². The minimum Gasteiger partial charge on any atom is -0.508 e. The molecule has 2 rings (SSSR count). The van der Waals surface area contributed by atoms with E-state index in [1.54, 1.807) is 11.8 Å². The third-order valence-corrected chi connectivity index (χ3v) is 4.17. The number of rotatable bonds is 5. The van der Waals surface area contributed by atoms with Crippen LogP contribution in [-0.2, 0) is 16.1 Å². The van der Waals surface area contributed by atoms with E-state index in [0.717, 1.165) is 6.42 Å². The third kappa shape index (κ3) is 4.21. The fourth-order valence-corrected chi connectivity index (χ4v) is 2.80. The molecule has 0 radical (unpaired) electrons. The zero-order chi connectivity index (χ0) is 17.7. The van der Waals surface area contributed by atoms with Gasteiger partial charge in [0.1, 0.15) is 5.75 Å². The molecule has 1 heterocycles. The Bertz CT molecular complexity index is 647. The molecule has 0 bridgehead atoms. The Kier molecular flexibility index (Phi) is 5.73. The molecular formula is C16H21N3O5. The minimum absolute atomic E-state index is 0.00453. The molecule has 1 aliphatic rings. The third-order valence-electron chi connectivity index (χ3n) is 4.17. The maximum Gasteiger partial charge on any atom is 0.270 e. The van der Waals surface area contributed by atoms with Gasteiger partial charge in [-0.2, -0.15) is 0 Å². The number of piperidine rings is 1. The van der Waals surface area contributed by atoms with E-state index in [4.69, 9.17) is 0 Å². The number of nitro groups is 1. The summed E-state index contributed by atoms with van der Waals surface area (Å²) < 4.78 is 0. The lowest BCUT2D eigenvalue weighted by molar-refractivity contribution is -0.384. The van der Waals surface area contributed by atoms with Crippen molar-refractivity contribution in [3.05, 3.63) is 33.9 Å². The highest BCUT2D eigenvalue weighted by atomic mass is 16.6. The van der Waals surface area contributed by atoms with Gasteiger partial charge in [-0.25, -0.2) is 0 Å². The molecule has 1 aromatic carbocycles. The molecule has 2 amide bonds. The van der Waals surface area contributed by atoms with Gasteiger partial charge in [0.15, 0.2) is 0 Å². The maximum atomic E-state index is 12.3. The first-order valence-electron chi connectivity index (χ1n) is 7.94. The number of benzene rings is 1. The van der Waals surface area contributed by atoms with E-state index >= 15 is 0 Å². The van der Waals surface area contributed by atoms with Gasteiger partial charge in [-0.05, 0) is 18.9 Å². The summed E-state index contributed by atoms with van der Waals surface area (Å²) in [5, 5.41) is 23.2. The van der Waals surface area contributed by atoms with Gasteiger partial charge < -0.3 is 15.3 Å². The SMILES string of the molecule is CCC(=O)N1CCC[C@H](C(=O)NCc2cc([N+](=O)[O-])ccc2O)C1. The summed E-state index contributed by atoms with van der Waals surface area (Å²) in [6.07, 6.45) is 1.88. The van der Waals surface area contributed by atoms with E-state index in [-0.39, 0.29) is 41.3 Å². The number of aromatic hydroxyl groups is 1. The lowest BCUT2D eigenvalue weighted by Gasteiger charge is -2.31. The molecule has 1 aliphatic heterocycles. The number of carbonyl (C=O) groups excluding carboxylic acids is 2. The fraction of sp³-hybridized carbons (Fsp3) is 0.500. The first-order chi connectivity index (χ1) is 11.4. The smallest absolute Gasteiger partial charge is 0.270 e. The van der Waals surface area contributed by atoms with Crippen LogP contribution >= 0.6 is 0 Å². The molecule has 0 spiro atoms. The molecule has 24 heavy (non-hydrogen) atoms. The van der Waals surface area contributed by atoms with E-state index in [0.29, 0.717) is 25.9 Å². The van der Waals surface area contributed by atoms with E-state index in [2.05, 4.69) is 5.32 Å². The average Bonchev–Trinajstić information content (AvgIpc) is 2.59. The lowest BCUT2D eigenvalue weighted by atomic mass is 9.96. The van der Waals surface area contributed by atoms with Crippen LogP contribution in [0.2, 0.25) is 0 Å². The summed E-state index contributed by atoms with van der Waals surface area (Å²) in [5.41, 5.74) is 0.143. The number of nitro benzene ring substituents is 1. The van der Waals surface area contributed by atoms with E-state index in [9.17, 15) is 24.8 Å². The molecular weight excluding hydrogens is 314 g/mol. The van der Waals surface area contributed by atoms with Crippen molar-refractivity contribution < 1.29 is 19.6 Å². The number of amides is 2. The van der Waals surface area contributed by atoms with Gasteiger partial charge in [-0.15, -0.1) is 0 Å². The number of carbonyl (C=O) groups is 2. The molecule has 0 aliphatic carbocycles. The molecule has 1 aromatic rings. The highest BCUT2D eigenvalue weighted by Gasteiger charge is 2.27. The van der Waals surface area contributed by atoms with Gasteiger partial charge in [0.05, 0.1) is 10.8 Å². The van der Waals surface area contributed by atoms with Crippen molar-refractivity contribution in [2.45, 2.75) is 32.7 Å².